The lowest BCUT2D eigenvalue weighted by Crippen LogP contribution is -2.20. The Morgan fingerprint density at radius 1 is 1.27 bits per heavy atom. The van der Waals surface area contributed by atoms with Crippen molar-refractivity contribution < 1.29 is 4.79 Å². The number of carbonyl (C=O) groups excluding carboxylic acids is 1. The van der Waals surface area contributed by atoms with E-state index >= 15 is 0 Å². The van der Waals surface area contributed by atoms with Gasteiger partial charge in [-0.3, -0.25) is 4.79 Å². The SMILES string of the molecule is CN(C)/C=C/C(=O)CN(C)C. The lowest BCUT2D eigenvalue weighted by atomic mass is 10.3. The number of likely N-dealkylation sites (N-methyl/N-ethyl adjacent to an activating group) is 1. The maximum atomic E-state index is 11.0. The average molecular weight is 156 g/mol. The first kappa shape index (κ1) is 10.2. The molecule has 0 amide bonds. The Morgan fingerprint density at radius 3 is 2.18 bits per heavy atom. The summed E-state index contributed by atoms with van der Waals surface area (Å²) in [6, 6.07) is 0. The van der Waals surface area contributed by atoms with Crippen LogP contribution >= 0.6 is 0 Å². The Balaban J connectivity index is 3.69. The molecule has 0 fully saturated rings. The minimum absolute atomic E-state index is 0.128. The Morgan fingerprint density at radius 2 is 1.82 bits per heavy atom. The molecule has 0 saturated heterocycles. The zero-order chi connectivity index (χ0) is 8.85. The summed E-state index contributed by atoms with van der Waals surface area (Å²) < 4.78 is 0. The van der Waals surface area contributed by atoms with Gasteiger partial charge in [0.1, 0.15) is 0 Å². The number of ketones is 1. The average Bonchev–Trinajstić information content (AvgIpc) is 1.82. The van der Waals surface area contributed by atoms with E-state index < -0.39 is 0 Å². The van der Waals surface area contributed by atoms with Gasteiger partial charge in [-0.2, -0.15) is 0 Å². The van der Waals surface area contributed by atoms with Crippen molar-refractivity contribution in [1.29, 1.82) is 0 Å². The van der Waals surface area contributed by atoms with Crippen LogP contribution in [0.5, 0.6) is 0 Å². The van der Waals surface area contributed by atoms with E-state index in [1.54, 1.807) is 12.3 Å². The zero-order valence-electron chi connectivity index (χ0n) is 7.66. The molecule has 0 aliphatic carbocycles. The van der Waals surface area contributed by atoms with Crippen LogP contribution in [-0.2, 0) is 4.79 Å². The van der Waals surface area contributed by atoms with Gasteiger partial charge in [0.15, 0.2) is 5.78 Å². The monoisotopic (exact) mass is 156 g/mol. The fraction of sp³-hybridized carbons (Fsp3) is 0.625. The minimum Gasteiger partial charge on any atom is -0.383 e. The molecule has 0 unspecified atom stereocenters. The topological polar surface area (TPSA) is 23.6 Å². The summed E-state index contributed by atoms with van der Waals surface area (Å²) in [6.45, 7) is 0.477. The molecule has 0 bridgehead atoms. The predicted molar refractivity (Wildman–Crippen MR) is 46.4 cm³/mol. The van der Waals surface area contributed by atoms with Gasteiger partial charge < -0.3 is 9.80 Å². The van der Waals surface area contributed by atoms with Gasteiger partial charge in [-0.05, 0) is 20.2 Å². The van der Waals surface area contributed by atoms with Crippen molar-refractivity contribution in [2.45, 2.75) is 0 Å². The molecule has 3 nitrogen and oxygen atoms in total. The van der Waals surface area contributed by atoms with Gasteiger partial charge in [0.05, 0.1) is 6.54 Å². The van der Waals surface area contributed by atoms with Crippen LogP contribution in [0.25, 0.3) is 0 Å². The summed E-state index contributed by atoms with van der Waals surface area (Å²) >= 11 is 0. The molecule has 0 saturated carbocycles. The van der Waals surface area contributed by atoms with Crippen LogP contribution in [0.1, 0.15) is 0 Å². The Labute approximate surface area is 68.3 Å². The van der Waals surface area contributed by atoms with Gasteiger partial charge >= 0.3 is 0 Å². The van der Waals surface area contributed by atoms with E-state index in [0.717, 1.165) is 0 Å². The van der Waals surface area contributed by atoms with Crippen LogP contribution in [0, 0.1) is 0 Å². The number of hydrogen-bond acceptors (Lipinski definition) is 3. The van der Waals surface area contributed by atoms with Gasteiger partial charge in [0.2, 0.25) is 0 Å². The highest BCUT2D eigenvalue weighted by Gasteiger charge is 1.96. The van der Waals surface area contributed by atoms with E-state index in [4.69, 9.17) is 0 Å². The van der Waals surface area contributed by atoms with E-state index in [1.807, 2.05) is 38.0 Å². The molecule has 0 spiro atoms. The lowest BCUT2D eigenvalue weighted by Gasteiger charge is -2.06. The molecule has 0 heterocycles. The summed E-state index contributed by atoms with van der Waals surface area (Å²) in [6.07, 6.45) is 3.34. The van der Waals surface area contributed by atoms with Crippen LogP contribution in [0.4, 0.5) is 0 Å². The third kappa shape index (κ3) is 7.06. The normalized spacial score (nSPS) is 11.0. The Kier molecular flexibility index (Phi) is 4.54. The van der Waals surface area contributed by atoms with Crippen molar-refractivity contribution in [3.05, 3.63) is 12.3 Å². The fourth-order valence-electron chi connectivity index (χ4n) is 0.597. The van der Waals surface area contributed by atoms with Gasteiger partial charge in [-0.25, -0.2) is 0 Å². The lowest BCUT2D eigenvalue weighted by molar-refractivity contribution is -0.115. The Bertz CT molecular complexity index is 150. The van der Waals surface area contributed by atoms with Crippen LogP contribution in [0.3, 0.4) is 0 Å². The second-order valence-electron chi connectivity index (χ2n) is 2.98. The van der Waals surface area contributed by atoms with E-state index in [1.165, 1.54) is 0 Å². The standard InChI is InChI=1S/C8H16N2O/c1-9(2)6-5-8(11)7-10(3)4/h5-6H,7H2,1-4H3/b6-5+. The van der Waals surface area contributed by atoms with E-state index in [9.17, 15) is 4.79 Å². The molecular formula is C8H16N2O. The molecule has 64 valence electrons. The summed E-state index contributed by atoms with van der Waals surface area (Å²) in [5.41, 5.74) is 0. The van der Waals surface area contributed by atoms with Gasteiger partial charge in [0, 0.05) is 20.3 Å². The summed E-state index contributed by atoms with van der Waals surface area (Å²) in [4.78, 5) is 14.7. The molecule has 11 heavy (non-hydrogen) atoms. The molecule has 0 aromatic rings. The molecule has 0 aromatic carbocycles. The third-order valence-corrected chi connectivity index (χ3v) is 1.03. The minimum atomic E-state index is 0.128. The van der Waals surface area contributed by atoms with E-state index in [-0.39, 0.29) is 5.78 Å². The predicted octanol–water partition coefficient (Wildman–Crippen LogP) is 0.192. The van der Waals surface area contributed by atoms with Crippen LogP contribution in [-0.4, -0.2) is 50.3 Å². The van der Waals surface area contributed by atoms with Crippen molar-refractivity contribution in [1.82, 2.24) is 9.80 Å². The number of rotatable bonds is 4. The summed E-state index contributed by atoms with van der Waals surface area (Å²) in [5.74, 6) is 0.128. The summed E-state index contributed by atoms with van der Waals surface area (Å²) in [7, 11) is 7.53. The highest BCUT2D eigenvalue weighted by molar-refractivity contribution is 5.91. The molecular weight excluding hydrogens is 140 g/mol. The quantitative estimate of drug-likeness (QED) is 0.543. The number of nitrogens with zero attached hydrogens (tertiary/aromatic N) is 2. The fourth-order valence-corrected chi connectivity index (χ4v) is 0.597. The van der Waals surface area contributed by atoms with Crippen LogP contribution in [0.2, 0.25) is 0 Å². The van der Waals surface area contributed by atoms with Crippen LogP contribution in [0.15, 0.2) is 12.3 Å². The molecule has 3 heteroatoms. The zero-order valence-corrected chi connectivity index (χ0v) is 7.66. The molecule has 0 atom stereocenters. The molecule has 0 rings (SSSR count). The first-order valence-electron chi connectivity index (χ1n) is 3.54. The molecule has 0 radical (unpaired) electrons. The van der Waals surface area contributed by atoms with Crippen LogP contribution < -0.4 is 0 Å². The first-order chi connectivity index (χ1) is 5.02. The van der Waals surface area contributed by atoms with Gasteiger partial charge in [-0.1, -0.05) is 0 Å². The first-order valence-corrected chi connectivity index (χ1v) is 3.54. The van der Waals surface area contributed by atoms with Crippen molar-refractivity contribution in [3.8, 4) is 0 Å². The van der Waals surface area contributed by atoms with Crippen molar-refractivity contribution in [2.75, 3.05) is 34.7 Å². The second kappa shape index (κ2) is 4.91. The summed E-state index contributed by atoms with van der Waals surface area (Å²) in [5, 5.41) is 0. The highest BCUT2D eigenvalue weighted by atomic mass is 16.1. The largest absolute Gasteiger partial charge is 0.383 e. The van der Waals surface area contributed by atoms with Gasteiger partial charge in [-0.15, -0.1) is 0 Å². The molecule has 0 N–H and O–H groups in total. The third-order valence-electron chi connectivity index (χ3n) is 1.03. The number of hydrogen-bond donors (Lipinski definition) is 0. The number of carbonyl (C=O) groups is 1. The van der Waals surface area contributed by atoms with Crippen molar-refractivity contribution >= 4 is 5.78 Å². The highest BCUT2D eigenvalue weighted by Crippen LogP contribution is 1.82. The Hall–Kier alpha value is -0.830. The maximum absolute atomic E-state index is 11.0. The molecule has 0 aliphatic heterocycles. The molecule has 0 aromatic heterocycles. The van der Waals surface area contributed by atoms with E-state index in [0.29, 0.717) is 6.54 Å². The van der Waals surface area contributed by atoms with E-state index in [2.05, 4.69) is 0 Å². The second-order valence-corrected chi connectivity index (χ2v) is 2.98. The van der Waals surface area contributed by atoms with Crippen molar-refractivity contribution in [2.24, 2.45) is 0 Å². The molecule has 0 aliphatic rings. The van der Waals surface area contributed by atoms with Gasteiger partial charge in [0.25, 0.3) is 0 Å². The maximum Gasteiger partial charge on any atom is 0.171 e. The smallest absolute Gasteiger partial charge is 0.171 e. The van der Waals surface area contributed by atoms with Crippen molar-refractivity contribution in [3.63, 3.8) is 0 Å².